The summed E-state index contributed by atoms with van der Waals surface area (Å²) in [5.74, 6) is 0.750. The van der Waals surface area contributed by atoms with Gasteiger partial charge in [0, 0.05) is 13.1 Å². The zero-order valence-corrected chi connectivity index (χ0v) is 14.1. The molecule has 0 unspecified atom stereocenters. The third kappa shape index (κ3) is 4.98. The SMILES string of the molecule is Cc1cccc(C)c1C=CC1CCN(CCN(C)C)CC1. The maximum atomic E-state index is 2.60. The molecule has 0 aliphatic carbocycles. The van der Waals surface area contributed by atoms with Crippen molar-refractivity contribution in [1.29, 1.82) is 0 Å². The maximum Gasteiger partial charge on any atom is 0.0109 e. The van der Waals surface area contributed by atoms with Crippen LogP contribution in [-0.2, 0) is 0 Å². The Kier molecular flexibility index (Phi) is 6.01. The number of likely N-dealkylation sites (N-methyl/N-ethyl adjacent to an activating group) is 1. The van der Waals surface area contributed by atoms with Crippen molar-refractivity contribution in [1.82, 2.24) is 9.80 Å². The molecule has 1 heterocycles. The monoisotopic (exact) mass is 286 g/mol. The van der Waals surface area contributed by atoms with Crippen LogP contribution in [0.25, 0.3) is 6.08 Å². The normalized spacial score (nSPS) is 18.0. The van der Waals surface area contributed by atoms with Crippen molar-refractivity contribution in [3.8, 4) is 0 Å². The van der Waals surface area contributed by atoms with Crippen LogP contribution in [0.2, 0.25) is 0 Å². The van der Waals surface area contributed by atoms with Crippen molar-refractivity contribution in [2.24, 2.45) is 5.92 Å². The fraction of sp³-hybridized carbons (Fsp3) is 0.579. The first-order chi connectivity index (χ1) is 10.1. The Labute approximate surface area is 130 Å². The first-order valence-corrected chi connectivity index (χ1v) is 8.18. The van der Waals surface area contributed by atoms with Gasteiger partial charge >= 0.3 is 0 Å². The van der Waals surface area contributed by atoms with Crippen LogP contribution in [0.15, 0.2) is 24.3 Å². The number of hydrogen-bond acceptors (Lipinski definition) is 2. The standard InChI is InChI=1S/C19H30N2/c1-16-6-5-7-17(2)19(16)9-8-18-10-12-21(13-11-18)15-14-20(3)4/h5-9,18H,10-15H2,1-4H3. The molecule has 2 nitrogen and oxygen atoms in total. The molecule has 1 saturated heterocycles. The molecule has 1 fully saturated rings. The molecule has 0 amide bonds. The predicted molar refractivity (Wildman–Crippen MR) is 92.7 cm³/mol. The zero-order valence-electron chi connectivity index (χ0n) is 14.1. The van der Waals surface area contributed by atoms with Crippen molar-refractivity contribution in [3.63, 3.8) is 0 Å². The maximum absolute atomic E-state index is 2.60. The van der Waals surface area contributed by atoms with Gasteiger partial charge in [-0.25, -0.2) is 0 Å². The van der Waals surface area contributed by atoms with Gasteiger partial charge in [-0.05, 0) is 76.5 Å². The average Bonchev–Trinajstić information content (AvgIpc) is 2.46. The summed E-state index contributed by atoms with van der Waals surface area (Å²) in [5.41, 5.74) is 4.18. The largest absolute Gasteiger partial charge is 0.308 e. The van der Waals surface area contributed by atoms with E-state index in [1.54, 1.807) is 0 Å². The number of rotatable bonds is 5. The van der Waals surface area contributed by atoms with E-state index in [9.17, 15) is 0 Å². The molecule has 0 aromatic heterocycles. The molecule has 0 N–H and O–H groups in total. The number of nitrogens with zero attached hydrogens (tertiary/aromatic N) is 2. The second-order valence-electron chi connectivity index (χ2n) is 6.65. The van der Waals surface area contributed by atoms with E-state index in [4.69, 9.17) is 0 Å². The molecule has 0 bridgehead atoms. The molecule has 0 radical (unpaired) electrons. The van der Waals surface area contributed by atoms with Crippen LogP contribution in [0.4, 0.5) is 0 Å². The average molecular weight is 286 g/mol. The van der Waals surface area contributed by atoms with Gasteiger partial charge in [-0.3, -0.25) is 0 Å². The topological polar surface area (TPSA) is 6.48 Å². The number of likely N-dealkylation sites (tertiary alicyclic amines) is 1. The van der Waals surface area contributed by atoms with Crippen LogP contribution in [-0.4, -0.2) is 50.1 Å². The Morgan fingerprint density at radius 1 is 1.14 bits per heavy atom. The van der Waals surface area contributed by atoms with Gasteiger partial charge in [-0.15, -0.1) is 0 Å². The van der Waals surface area contributed by atoms with E-state index < -0.39 is 0 Å². The fourth-order valence-electron chi connectivity index (χ4n) is 3.03. The van der Waals surface area contributed by atoms with Crippen LogP contribution in [0.3, 0.4) is 0 Å². The van der Waals surface area contributed by atoms with Gasteiger partial charge in [0.25, 0.3) is 0 Å². The first kappa shape index (κ1) is 16.3. The van der Waals surface area contributed by atoms with E-state index in [1.165, 1.54) is 55.7 Å². The molecule has 116 valence electrons. The minimum absolute atomic E-state index is 0.750. The van der Waals surface area contributed by atoms with E-state index in [0.717, 1.165) is 5.92 Å². The lowest BCUT2D eigenvalue weighted by atomic mass is 9.94. The predicted octanol–water partition coefficient (Wildman–Crippen LogP) is 3.59. The quantitative estimate of drug-likeness (QED) is 0.816. The molecule has 1 aromatic carbocycles. The number of aryl methyl sites for hydroxylation is 2. The van der Waals surface area contributed by atoms with E-state index >= 15 is 0 Å². The molecule has 2 heteroatoms. The Bertz CT molecular complexity index is 448. The lowest BCUT2D eigenvalue weighted by molar-refractivity contribution is 0.186. The van der Waals surface area contributed by atoms with Crippen molar-refractivity contribution in [2.75, 3.05) is 40.3 Å². The van der Waals surface area contributed by atoms with Crippen LogP contribution in [0.1, 0.15) is 29.5 Å². The molecule has 1 aliphatic rings. The highest BCUT2D eigenvalue weighted by atomic mass is 15.2. The highest BCUT2D eigenvalue weighted by molar-refractivity contribution is 5.57. The molecular weight excluding hydrogens is 256 g/mol. The van der Waals surface area contributed by atoms with Gasteiger partial charge in [0.05, 0.1) is 0 Å². The molecule has 21 heavy (non-hydrogen) atoms. The van der Waals surface area contributed by atoms with Crippen LogP contribution in [0.5, 0.6) is 0 Å². The third-order valence-corrected chi connectivity index (χ3v) is 4.57. The Hall–Kier alpha value is -1.12. The lowest BCUT2D eigenvalue weighted by Crippen LogP contribution is -2.37. The van der Waals surface area contributed by atoms with Crippen molar-refractivity contribution >= 4 is 6.08 Å². The molecule has 1 aliphatic heterocycles. The van der Waals surface area contributed by atoms with E-state index in [1.807, 2.05) is 0 Å². The Morgan fingerprint density at radius 3 is 2.33 bits per heavy atom. The molecule has 0 spiro atoms. The Balaban J connectivity index is 1.84. The highest BCUT2D eigenvalue weighted by Crippen LogP contribution is 2.21. The first-order valence-electron chi connectivity index (χ1n) is 8.18. The van der Waals surface area contributed by atoms with Gasteiger partial charge < -0.3 is 9.80 Å². The van der Waals surface area contributed by atoms with E-state index in [2.05, 4.69) is 68.1 Å². The second-order valence-corrected chi connectivity index (χ2v) is 6.65. The fourth-order valence-corrected chi connectivity index (χ4v) is 3.03. The van der Waals surface area contributed by atoms with Crippen molar-refractivity contribution in [3.05, 3.63) is 41.0 Å². The van der Waals surface area contributed by atoms with Gasteiger partial charge in [-0.1, -0.05) is 30.4 Å². The number of benzene rings is 1. The lowest BCUT2D eigenvalue weighted by Gasteiger charge is -2.31. The molecule has 2 rings (SSSR count). The van der Waals surface area contributed by atoms with Crippen molar-refractivity contribution < 1.29 is 0 Å². The molecule has 0 atom stereocenters. The van der Waals surface area contributed by atoms with Crippen LogP contribution >= 0.6 is 0 Å². The number of hydrogen-bond donors (Lipinski definition) is 0. The summed E-state index contributed by atoms with van der Waals surface area (Å²) in [4.78, 5) is 4.87. The zero-order chi connectivity index (χ0) is 15.2. The van der Waals surface area contributed by atoms with Crippen LogP contribution < -0.4 is 0 Å². The summed E-state index contributed by atoms with van der Waals surface area (Å²) in [6.45, 7) is 9.28. The van der Waals surface area contributed by atoms with E-state index in [0.29, 0.717) is 0 Å². The summed E-state index contributed by atoms with van der Waals surface area (Å²) >= 11 is 0. The molecule has 1 aromatic rings. The van der Waals surface area contributed by atoms with Crippen LogP contribution in [0, 0.1) is 19.8 Å². The van der Waals surface area contributed by atoms with Crippen molar-refractivity contribution in [2.45, 2.75) is 26.7 Å². The summed E-state index contributed by atoms with van der Waals surface area (Å²) in [6, 6.07) is 6.55. The summed E-state index contributed by atoms with van der Waals surface area (Å²) in [6.07, 6.45) is 7.40. The molecule has 0 saturated carbocycles. The third-order valence-electron chi connectivity index (χ3n) is 4.57. The van der Waals surface area contributed by atoms with Gasteiger partial charge in [0.1, 0.15) is 0 Å². The Morgan fingerprint density at radius 2 is 1.76 bits per heavy atom. The number of allylic oxidation sites excluding steroid dienone is 1. The smallest absolute Gasteiger partial charge is 0.0109 e. The van der Waals surface area contributed by atoms with Gasteiger partial charge in [0.15, 0.2) is 0 Å². The minimum atomic E-state index is 0.750. The summed E-state index contributed by atoms with van der Waals surface area (Å²) < 4.78 is 0. The summed E-state index contributed by atoms with van der Waals surface area (Å²) in [7, 11) is 4.31. The number of piperidine rings is 1. The highest BCUT2D eigenvalue weighted by Gasteiger charge is 2.16. The molecular formula is C19H30N2. The van der Waals surface area contributed by atoms with E-state index in [-0.39, 0.29) is 0 Å². The summed E-state index contributed by atoms with van der Waals surface area (Å²) in [5, 5.41) is 0. The van der Waals surface area contributed by atoms with Gasteiger partial charge in [-0.2, -0.15) is 0 Å². The second kappa shape index (κ2) is 7.77. The minimum Gasteiger partial charge on any atom is -0.308 e. The van der Waals surface area contributed by atoms with Gasteiger partial charge in [0.2, 0.25) is 0 Å².